The van der Waals surface area contributed by atoms with E-state index in [1.165, 1.54) is 12.8 Å². The molecule has 1 aliphatic carbocycles. The van der Waals surface area contributed by atoms with Gasteiger partial charge in [-0.05, 0) is 95.4 Å². The van der Waals surface area contributed by atoms with Crippen LogP contribution in [0.1, 0.15) is 84.3 Å². The van der Waals surface area contributed by atoms with Gasteiger partial charge in [-0.25, -0.2) is 8.42 Å². The number of hydrogen-bond donors (Lipinski definition) is 4. The summed E-state index contributed by atoms with van der Waals surface area (Å²) in [6.45, 7) is 10.1. The highest BCUT2D eigenvalue weighted by atomic mass is 35.5. The van der Waals surface area contributed by atoms with Gasteiger partial charge in [0.2, 0.25) is 11.8 Å². The molecule has 11 heteroatoms. The fourth-order valence-electron chi connectivity index (χ4n) is 7.32. The van der Waals surface area contributed by atoms with Crippen molar-refractivity contribution in [1.29, 1.82) is 0 Å². The summed E-state index contributed by atoms with van der Waals surface area (Å²) in [5.74, 6) is 0.403. The van der Waals surface area contributed by atoms with Gasteiger partial charge in [0.15, 0.2) is 9.84 Å². The number of nitrogens with one attached hydrogen (secondary N) is 3. The van der Waals surface area contributed by atoms with Crippen LogP contribution >= 0.6 is 11.6 Å². The number of aliphatic hydroxyl groups is 1. The van der Waals surface area contributed by atoms with Crippen molar-refractivity contribution in [3.8, 4) is 0 Å². The summed E-state index contributed by atoms with van der Waals surface area (Å²) < 4.78 is 24.6. The van der Waals surface area contributed by atoms with Crippen molar-refractivity contribution in [1.82, 2.24) is 20.9 Å². The van der Waals surface area contributed by atoms with Crippen LogP contribution in [0.4, 0.5) is 0 Å². The van der Waals surface area contributed by atoms with Crippen LogP contribution in [-0.2, 0) is 32.4 Å². The molecular weight excluding hydrogens is 660 g/mol. The number of carbonyl (C=O) groups is 2. The molecule has 2 aliphatic rings. The molecule has 1 saturated carbocycles. The van der Waals surface area contributed by atoms with Crippen LogP contribution in [0, 0.1) is 11.8 Å². The summed E-state index contributed by atoms with van der Waals surface area (Å²) in [5, 5.41) is 21.9. The molecule has 2 aromatic carbocycles. The number of sulfone groups is 1. The maximum atomic E-state index is 14.2. The quantitative estimate of drug-likeness (QED) is 0.219. The van der Waals surface area contributed by atoms with E-state index in [4.69, 9.17) is 11.6 Å². The van der Waals surface area contributed by atoms with Gasteiger partial charge in [-0.15, -0.1) is 0 Å². The van der Waals surface area contributed by atoms with Crippen molar-refractivity contribution in [2.75, 3.05) is 19.3 Å². The molecule has 1 saturated heterocycles. The van der Waals surface area contributed by atoms with E-state index in [0.29, 0.717) is 36.2 Å². The standard InChI is InChI=1S/C38H57ClN4O5S/c1-37(2,3)42-35(45)32-22-28-16-10-11-17-29(28)24-43(32)25-33(44)31(20-19-26-13-8-7-9-14-26)41-36(46)34(38(4,5)49(6,47)48)40-23-27-15-12-18-30(39)21-27/h7-9,12-15,18,21,28-29,31-34,40,44H,10-11,16-17,19-20,22-25H2,1-6H3,(H,41,46)(H,42,45)/t28-,29+,31-,32-,33+,34+/m0/s1. The van der Waals surface area contributed by atoms with Crippen LogP contribution in [0.2, 0.25) is 5.02 Å². The Morgan fingerprint density at radius 2 is 1.63 bits per heavy atom. The fraction of sp³-hybridized carbons (Fsp3) is 0.632. The SMILES string of the molecule is CC(C)(C)NC(=O)[C@@H]1C[C@@H]2CCCC[C@@H]2CN1C[C@@H](O)[C@H](CCc1ccccc1)NC(=O)[C@@H](NCc1cccc(Cl)c1)C(C)(C)S(C)(=O)=O. The molecule has 0 bridgehead atoms. The number of aliphatic hydroxyl groups excluding tert-OH is 1. The number of nitrogens with zero attached hydrogens (tertiary/aromatic N) is 1. The number of carbonyl (C=O) groups excluding carboxylic acids is 2. The lowest BCUT2D eigenvalue weighted by Crippen LogP contribution is -2.63. The highest BCUT2D eigenvalue weighted by Crippen LogP contribution is 2.39. The smallest absolute Gasteiger partial charge is 0.239 e. The summed E-state index contributed by atoms with van der Waals surface area (Å²) in [5.41, 5.74) is 1.48. The number of likely N-dealkylation sites (tertiary alicyclic amines) is 1. The lowest BCUT2D eigenvalue weighted by atomic mass is 9.72. The molecule has 4 rings (SSSR count). The normalized spacial score (nSPS) is 22.4. The molecule has 9 nitrogen and oxygen atoms in total. The van der Waals surface area contributed by atoms with Gasteiger partial charge in [-0.2, -0.15) is 0 Å². The molecule has 0 radical (unpaired) electrons. The Balaban J connectivity index is 1.59. The summed E-state index contributed by atoms with van der Waals surface area (Å²) in [6, 6.07) is 14.8. The molecule has 2 fully saturated rings. The average molecular weight is 717 g/mol. The molecular formula is C38H57ClN4O5S. The molecule has 4 N–H and O–H groups in total. The third kappa shape index (κ3) is 11.0. The zero-order valence-electron chi connectivity index (χ0n) is 30.0. The Kier molecular flexibility index (Phi) is 13.4. The minimum absolute atomic E-state index is 0.0335. The van der Waals surface area contributed by atoms with Crippen LogP contribution < -0.4 is 16.0 Å². The van der Waals surface area contributed by atoms with E-state index in [0.717, 1.165) is 36.6 Å². The molecule has 0 aromatic heterocycles. The van der Waals surface area contributed by atoms with Gasteiger partial charge < -0.3 is 21.1 Å². The molecule has 0 spiro atoms. The molecule has 272 valence electrons. The van der Waals surface area contributed by atoms with E-state index in [-0.39, 0.29) is 25.0 Å². The number of amides is 2. The zero-order chi connectivity index (χ0) is 36.0. The van der Waals surface area contributed by atoms with Crippen molar-refractivity contribution in [3.63, 3.8) is 0 Å². The Morgan fingerprint density at radius 3 is 2.27 bits per heavy atom. The largest absolute Gasteiger partial charge is 0.390 e. The number of fused-ring (bicyclic) bond motifs is 1. The first kappa shape index (κ1) is 39.3. The molecule has 1 heterocycles. The van der Waals surface area contributed by atoms with Crippen molar-refractivity contribution in [2.24, 2.45) is 11.8 Å². The van der Waals surface area contributed by atoms with Crippen molar-refractivity contribution in [3.05, 3.63) is 70.7 Å². The van der Waals surface area contributed by atoms with Crippen LogP contribution in [0.3, 0.4) is 0 Å². The van der Waals surface area contributed by atoms with Gasteiger partial charge >= 0.3 is 0 Å². The van der Waals surface area contributed by atoms with E-state index in [2.05, 4.69) is 20.9 Å². The Morgan fingerprint density at radius 1 is 0.980 bits per heavy atom. The molecule has 2 amide bonds. The molecule has 0 unspecified atom stereocenters. The number of hydrogen-bond acceptors (Lipinski definition) is 7. The second kappa shape index (κ2) is 16.7. The summed E-state index contributed by atoms with van der Waals surface area (Å²) >= 11 is 6.19. The predicted octanol–water partition coefficient (Wildman–Crippen LogP) is 4.90. The van der Waals surface area contributed by atoms with Crippen molar-refractivity contribution in [2.45, 2.75) is 121 Å². The predicted molar refractivity (Wildman–Crippen MR) is 197 cm³/mol. The van der Waals surface area contributed by atoms with Crippen LogP contribution in [0.25, 0.3) is 0 Å². The van der Waals surface area contributed by atoms with Crippen molar-refractivity contribution >= 4 is 33.3 Å². The number of β-amino-alcohol motifs (C(OH)–C–C–N with tert-alkyl or cyclic N) is 1. The highest BCUT2D eigenvalue weighted by molar-refractivity contribution is 7.92. The minimum Gasteiger partial charge on any atom is -0.390 e. The molecule has 6 atom stereocenters. The first-order valence-electron chi connectivity index (χ1n) is 17.7. The monoisotopic (exact) mass is 716 g/mol. The number of halogens is 1. The third-order valence-electron chi connectivity index (χ3n) is 10.4. The summed E-state index contributed by atoms with van der Waals surface area (Å²) in [7, 11) is -3.70. The lowest BCUT2D eigenvalue weighted by molar-refractivity contribution is -0.133. The number of piperidine rings is 1. The lowest BCUT2D eigenvalue weighted by Gasteiger charge is -2.47. The van der Waals surface area contributed by atoms with Gasteiger partial charge in [0.1, 0.15) is 6.04 Å². The van der Waals surface area contributed by atoms with Gasteiger partial charge in [0.05, 0.1) is 22.9 Å². The summed E-state index contributed by atoms with van der Waals surface area (Å²) in [6.07, 6.45) is 6.48. The van der Waals surface area contributed by atoms with Crippen molar-refractivity contribution < 1.29 is 23.1 Å². The highest BCUT2D eigenvalue weighted by Gasteiger charge is 2.45. The number of rotatable bonds is 14. The average Bonchev–Trinajstić information content (AvgIpc) is 3.01. The first-order chi connectivity index (χ1) is 22.9. The number of aryl methyl sites for hydroxylation is 1. The second-order valence-corrected chi connectivity index (χ2v) is 18.8. The van der Waals surface area contributed by atoms with Gasteiger partial charge in [0.25, 0.3) is 0 Å². The van der Waals surface area contributed by atoms with Crippen LogP contribution in [-0.4, -0.2) is 84.1 Å². The second-order valence-electron chi connectivity index (χ2n) is 15.8. The molecule has 49 heavy (non-hydrogen) atoms. The zero-order valence-corrected chi connectivity index (χ0v) is 31.6. The maximum Gasteiger partial charge on any atom is 0.239 e. The van der Waals surface area contributed by atoms with Gasteiger partial charge in [0, 0.05) is 36.5 Å². The van der Waals surface area contributed by atoms with Gasteiger partial charge in [-0.3, -0.25) is 14.5 Å². The van der Waals surface area contributed by atoms with E-state index in [9.17, 15) is 23.1 Å². The Labute approximate surface area is 298 Å². The van der Waals surface area contributed by atoms with Crippen LogP contribution in [0.15, 0.2) is 54.6 Å². The van der Waals surface area contributed by atoms with Gasteiger partial charge in [-0.1, -0.05) is 73.3 Å². The summed E-state index contributed by atoms with van der Waals surface area (Å²) in [4.78, 5) is 30.0. The van der Waals surface area contributed by atoms with E-state index in [1.54, 1.807) is 32.0 Å². The van der Waals surface area contributed by atoms with E-state index in [1.807, 2.05) is 57.2 Å². The maximum absolute atomic E-state index is 14.2. The van der Waals surface area contributed by atoms with E-state index < -0.39 is 44.2 Å². The fourth-order valence-corrected chi connectivity index (χ4v) is 8.15. The minimum atomic E-state index is -3.70. The number of benzene rings is 2. The molecule has 1 aliphatic heterocycles. The molecule has 2 aromatic rings. The Bertz CT molecular complexity index is 1510. The Hall–Kier alpha value is -2.50. The first-order valence-corrected chi connectivity index (χ1v) is 20.0. The third-order valence-corrected chi connectivity index (χ3v) is 12.8. The topological polar surface area (TPSA) is 128 Å². The van der Waals surface area contributed by atoms with E-state index >= 15 is 0 Å². The van der Waals surface area contributed by atoms with Crippen LogP contribution in [0.5, 0.6) is 0 Å².